The molecule has 0 spiro atoms. The van der Waals surface area contributed by atoms with Gasteiger partial charge in [0, 0.05) is 50.9 Å². The summed E-state index contributed by atoms with van der Waals surface area (Å²) >= 11 is 26.6. The summed E-state index contributed by atoms with van der Waals surface area (Å²) in [5, 5.41) is 4.86. The molecule has 0 aliphatic heterocycles. The summed E-state index contributed by atoms with van der Waals surface area (Å²) in [4.78, 5) is 28.4. The van der Waals surface area contributed by atoms with Gasteiger partial charge in [0.05, 0.1) is 5.75 Å². The average Bonchev–Trinajstić information content (AvgIpc) is 2.85. The minimum atomic E-state index is -0.744. The Morgan fingerprint density at radius 2 is 1.61 bits per heavy atom. The Kier molecular flexibility index (Phi) is 11.3. The topological polar surface area (TPSA) is 49.4 Å². The molecule has 190 valence electrons. The molecule has 0 aliphatic carbocycles. The van der Waals surface area contributed by atoms with Crippen LogP contribution < -0.4 is 5.32 Å². The number of likely N-dealkylation sites (N-methyl/N-ethyl adjacent to an activating group) is 1. The molecular formula is C27H26Cl4N2O2S. The second-order valence-corrected chi connectivity index (χ2v) is 10.7. The first kappa shape index (κ1) is 28.7. The molecule has 3 rings (SSSR count). The monoisotopic (exact) mass is 582 g/mol. The number of hydrogen-bond acceptors (Lipinski definition) is 3. The van der Waals surface area contributed by atoms with E-state index in [0.29, 0.717) is 44.4 Å². The van der Waals surface area contributed by atoms with Crippen molar-refractivity contribution in [3.8, 4) is 0 Å². The first-order chi connectivity index (χ1) is 17.3. The maximum absolute atomic E-state index is 13.6. The Hall–Kier alpha value is -1.89. The number of thioether (sulfide) groups is 1. The van der Waals surface area contributed by atoms with Gasteiger partial charge < -0.3 is 10.2 Å². The molecule has 0 radical (unpaired) electrons. The van der Waals surface area contributed by atoms with Gasteiger partial charge in [0.1, 0.15) is 6.04 Å². The summed E-state index contributed by atoms with van der Waals surface area (Å²) in [7, 11) is 0. The lowest BCUT2D eigenvalue weighted by molar-refractivity contribution is -0.139. The Balaban J connectivity index is 1.88. The van der Waals surface area contributed by atoms with Crippen molar-refractivity contribution in [1.82, 2.24) is 10.2 Å². The summed E-state index contributed by atoms with van der Waals surface area (Å²) in [5.41, 5.74) is 2.42. The van der Waals surface area contributed by atoms with Crippen LogP contribution in [-0.2, 0) is 28.3 Å². The third kappa shape index (κ3) is 8.06. The maximum atomic E-state index is 13.6. The Labute approximate surface area is 236 Å². The first-order valence-electron chi connectivity index (χ1n) is 11.4. The minimum Gasteiger partial charge on any atom is -0.355 e. The summed E-state index contributed by atoms with van der Waals surface area (Å²) in [6, 6.07) is 19.3. The van der Waals surface area contributed by atoms with E-state index in [1.807, 2.05) is 43.3 Å². The van der Waals surface area contributed by atoms with E-state index in [9.17, 15) is 9.59 Å². The molecule has 4 nitrogen and oxygen atoms in total. The van der Waals surface area contributed by atoms with E-state index in [1.54, 1.807) is 35.2 Å². The van der Waals surface area contributed by atoms with Crippen LogP contribution in [0.4, 0.5) is 0 Å². The van der Waals surface area contributed by atoms with Crippen LogP contribution in [0.5, 0.6) is 0 Å². The van der Waals surface area contributed by atoms with Crippen LogP contribution >= 0.6 is 58.2 Å². The van der Waals surface area contributed by atoms with Crippen molar-refractivity contribution in [2.24, 2.45) is 0 Å². The lowest BCUT2D eigenvalue weighted by atomic mass is 10.0. The molecule has 0 fully saturated rings. The van der Waals surface area contributed by atoms with Crippen molar-refractivity contribution < 1.29 is 9.59 Å². The van der Waals surface area contributed by atoms with Gasteiger partial charge >= 0.3 is 0 Å². The summed E-state index contributed by atoms with van der Waals surface area (Å²) < 4.78 is 0. The van der Waals surface area contributed by atoms with Gasteiger partial charge in [-0.15, -0.1) is 11.8 Å². The zero-order chi connectivity index (χ0) is 26.1. The van der Waals surface area contributed by atoms with E-state index in [4.69, 9.17) is 46.4 Å². The van der Waals surface area contributed by atoms with Gasteiger partial charge in [-0.3, -0.25) is 9.59 Å². The number of carbonyl (C=O) groups excluding carboxylic acids is 2. The fraction of sp³-hybridized carbons (Fsp3) is 0.259. The predicted octanol–water partition coefficient (Wildman–Crippen LogP) is 7.31. The van der Waals surface area contributed by atoms with Crippen LogP contribution in [-0.4, -0.2) is 35.1 Å². The second-order valence-electron chi connectivity index (χ2n) is 8.05. The lowest BCUT2D eigenvalue weighted by Crippen LogP contribution is -2.51. The molecule has 0 heterocycles. The van der Waals surface area contributed by atoms with Gasteiger partial charge in [0.15, 0.2) is 0 Å². The molecule has 36 heavy (non-hydrogen) atoms. The van der Waals surface area contributed by atoms with Crippen molar-refractivity contribution in [3.05, 3.63) is 104 Å². The standard InChI is InChI=1S/C27H26Cl4N2O2S/c1-2-32-27(35)25(13-18-7-4-3-5-8-18)33(15-21-22(29)9-6-10-23(21)30)26(34)17-36-16-19-11-12-20(28)14-24(19)31/h3-12,14,25H,2,13,15-17H2,1H3,(H,32,35). The third-order valence-electron chi connectivity index (χ3n) is 5.51. The molecule has 9 heteroatoms. The van der Waals surface area contributed by atoms with Gasteiger partial charge in [-0.1, -0.05) is 88.9 Å². The molecule has 0 saturated carbocycles. The molecule has 0 bridgehead atoms. The molecule has 0 saturated heterocycles. The molecule has 3 aromatic carbocycles. The second kappa shape index (κ2) is 14.2. The van der Waals surface area contributed by atoms with Gasteiger partial charge in [0.25, 0.3) is 0 Å². The van der Waals surface area contributed by atoms with E-state index in [1.165, 1.54) is 11.8 Å². The van der Waals surface area contributed by atoms with Gasteiger partial charge in [0.2, 0.25) is 11.8 Å². The van der Waals surface area contributed by atoms with Crippen LogP contribution in [0.2, 0.25) is 20.1 Å². The normalized spacial score (nSPS) is 11.7. The van der Waals surface area contributed by atoms with E-state index >= 15 is 0 Å². The van der Waals surface area contributed by atoms with Crippen LogP contribution in [0.15, 0.2) is 66.7 Å². The highest BCUT2D eigenvalue weighted by atomic mass is 35.5. The first-order valence-corrected chi connectivity index (χ1v) is 14.0. The molecule has 0 aromatic heterocycles. The molecule has 0 aliphatic rings. The lowest BCUT2D eigenvalue weighted by Gasteiger charge is -2.32. The van der Waals surface area contributed by atoms with E-state index in [-0.39, 0.29) is 24.1 Å². The quantitative estimate of drug-likeness (QED) is 0.257. The highest BCUT2D eigenvalue weighted by Gasteiger charge is 2.31. The van der Waals surface area contributed by atoms with E-state index in [2.05, 4.69) is 5.32 Å². The highest BCUT2D eigenvalue weighted by Crippen LogP contribution is 2.29. The fourth-order valence-electron chi connectivity index (χ4n) is 3.67. The van der Waals surface area contributed by atoms with Crippen molar-refractivity contribution >= 4 is 70.0 Å². The highest BCUT2D eigenvalue weighted by molar-refractivity contribution is 7.99. The van der Waals surface area contributed by atoms with E-state index < -0.39 is 6.04 Å². The number of hydrogen-bond donors (Lipinski definition) is 1. The molecule has 3 aromatic rings. The number of carbonyl (C=O) groups is 2. The molecule has 1 N–H and O–H groups in total. The van der Waals surface area contributed by atoms with E-state index in [0.717, 1.165) is 11.1 Å². The zero-order valence-electron chi connectivity index (χ0n) is 19.6. The van der Waals surface area contributed by atoms with Gasteiger partial charge in [-0.2, -0.15) is 0 Å². The zero-order valence-corrected chi connectivity index (χ0v) is 23.5. The maximum Gasteiger partial charge on any atom is 0.243 e. The minimum absolute atomic E-state index is 0.105. The van der Waals surface area contributed by atoms with Crippen LogP contribution in [0.1, 0.15) is 23.6 Å². The Bertz CT molecular complexity index is 1170. The summed E-state index contributed by atoms with van der Waals surface area (Å²) in [6.07, 6.45) is 0.355. The number of rotatable bonds is 11. The summed E-state index contributed by atoms with van der Waals surface area (Å²) in [6.45, 7) is 2.40. The van der Waals surface area contributed by atoms with Crippen molar-refractivity contribution in [2.75, 3.05) is 12.3 Å². The number of halogens is 4. The van der Waals surface area contributed by atoms with Crippen LogP contribution in [0.3, 0.4) is 0 Å². The number of benzene rings is 3. The van der Waals surface area contributed by atoms with Gasteiger partial charge in [-0.25, -0.2) is 0 Å². The number of nitrogens with one attached hydrogen (secondary N) is 1. The Morgan fingerprint density at radius 3 is 2.25 bits per heavy atom. The molecule has 1 unspecified atom stereocenters. The van der Waals surface area contributed by atoms with Crippen molar-refractivity contribution in [2.45, 2.75) is 31.7 Å². The van der Waals surface area contributed by atoms with Crippen LogP contribution in [0.25, 0.3) is 0 Å². The number of amides is 2. The summed E-state index contributed by atoms with van der Waals surface area (Å²) in [5.74, 6) is 0.232. The molecule has 2 amide bonds. The smallest absolute Gasteiger partial charge is 0.243 e. The SMILES string of the molecule is CCNC(=O)C(Cc1ccccc1)N(Cc1c(Cl)cccc1Cl)C(=O)CSCc1ccc(Cl)cc1Cl. The third-order valence-corrected chi connectivity index (χ3v) is 7.77. The predicted molar refractivity (Wildman–Crippen MR) is 152 cm³/mol. The van der Waals surface area contributed by atoms with Crippen molar-refractivity contribution in [1.29, 1.82) is 0 Å². The van der Waals surface area contributed by atoms with Crippen LogP contribution in [0, 0.1) is 0 Å². The molecule has 1 atom stereocenters. The van der Waals surface area contributed by atoms with Crippen molar-refractivity contribution in [3.63, 3.8) is 0 Å². The Morgan fingerprint density at radius 1 is 0.917 bits per heavy atom. The largest absolute Gasteiger partial charge is 0.355 e. The van der Waals surface area contributed by atoms with Gasteiger partial charge in [-0.05, 0) is 42.3 Å². The molecular weight excluding hydrogens is 558 g/mol. The number of nitrogens with zero attached hydrogens (tertiary/aromatic N) is 1. The fourth-order valence-corrected chi connectivity index (χ4v) is 5.66. The average molecular weight is 584 g/mol.